The summed E-state index contributed by atoms with van der Waals surface area (Å²) in [6.07, 6.45) is 1.59. The molecule has 5 heteroatoms. The molecule has 1 aromatic rings. The number of rotatable bonds is 4. The third-order valence-corrected chi connectivity index (χ3v) is 2.34. The van der Waals surface area contributed by atoms with Gasteiger partial charge >= 0.3 is 0 Å². The van der Waals surface area contributed by atoms with E-state index in [4.69, 9.17) is 5.26 Å². The number of hydrogen-bond donors (Lipinski definition) is 0. The normalized spacial score (nSPS) is 10.1. The molecule has 1 rings (SSSR count). The van der Waals surface area contributed by atoms with Crippen molar-refractivity contribution in [3.63, 3.8) is 0 Å². The average molecular weight is 232 g/mol. The van der Waals surface area contributed by atoms with E-state index >= 15 is 0 Å². The first-order chi connectivity index (χ1) is 8.04. The van der Waals surface area contributed by atoms with E-state index in [1.807, 2.05) is 24.1 Å². The van der Waals surface area contributed by atoms with Gasteiger partial charge in [-0.15, -0.1) is 0 Å². The van der Waals surface area contributed by atoms with E-state index < -0.39 is 0 Å². The molecule has 0 aliphatic rings. The first kappa shape index (κ1) is 13.1. The van der Waals surface area contributed by atoms with Gasteiger partial charge in [0.25, 0.3) is 0 Å². The number of nitrogens with zero attached hydrogens (tertiary/aromatic N) is 4. The lowest BCUT2D eigenvalue weighted by Crippen LogP contribution is -2.34. The number of likely N-dealkylation sites (N-methyl/N-ethyl adjacent to an activating group) is 2. The lowest BCUT2D eigenvalue weighted by molar-refractivity contribution is -0.129. The zero-order valence-electron chi connectivity index (χ0n) is 10.3. The number of nitriles is 1. The van der Waals surface area contributed by atoms with Crippen LogP contribution in [0.5, 0.6) is 0 Å². The number of aromatic nitrogens is 1. The van der Waals surface area contributed by atoms with Crippen molar-refractivity contribution >= 4 is 5.91 Å². The molecule has 0 N–H and O–H groups in total. The second-order valence-corrected chi connectivity index (χ2v) is 4.08. The highest BCUT2D eigenvalue weighted by molar-refractivity contribution is 5.77. The zero-order chi connectivity index (χ0) is 12.8. The van der Waals surface area contributed by atoms with E-state index in [2.05, 4.69) is 4.98 Å². The van der Waals surface area contributed by atoms with Gasteiger partial charge < -0.3 is 4.90 Å². The smallest absolute Gasteiger partial charge is 0.236 e. The quantitative estimate of drug-likeness (QED) is 0.757. The van der Waals surface area contributed by atoms with Gasteiger partial charge in [0.2, 0.25) is 5.91 Å². The van der Waals surface area contributed by atoms with Gasteiger partial charge in [0, 0.05) is 32.4 Å². The van der Waals surface area contributed by atoms with Crippen LogP contribution < -0.4 is 0 Å². The molecule has 0 aliphatic carbocycles. The minimum absolute atomic E-state index is 0.0369. The van der Waals surface area contributed by atoms with Crippen LogP contribution in [0.25, 0.3) is 0 Å². The van der Waals surface area contributed by atoms with E-state index in [0.717, 1.165) is 5.56 Å². The summed E-state index contributed by atoms with van der Waals surface area (Å²) in [6, 6.07) is 5.68. The van der Waals surface area contributed by atoms with Crippen LogP contribution in [0.4, 0.5) is 0 Å². The Balaban J connectivity index is 2.66. The maximum Gasteiger partial charge on any atom is 0.236 e. The molecule has 0 atom stereocenters. The van der Waals surface area contributed by atoms with Crippen LogP contribution in [-0.2, 0) is 11.3 Å². The SMILES string of the molecule is CN(CC(=O)N(C)C)Cc1cccnc1C#N. The highest BCUT2D eigenvalue weighted by Gasteiger charge is 2.10. The van der Waals surface area contributed by atoms with Gasteiger partial charge in [-0.3, -0.25) is 9.69 Å². The molecule has 90 valence electrons. The lowest BCUT2D eigenvalue weighted by Gasteiger charge is -2.19. The zero-order valence-corrected chi connectivity index (χ0v) is 10.3. The Bertz CT molecular complexity index is 436. The highest BCUT2D eigenvalue weighted by Crippen LogP contribution is 2.06. The predicted molar refractivity (Wildman–Crippen MR) is 64.0 cm³/mol. The predicted octanol–water partition coefficient (Wildman–Crippen LogP) is 0.473. The van der Waals surface area contributed by atoms with E-state index in [9.17, 15) is 4.79 Å². The van der Waals surface area contributed by atoms with Crippen LogP contribution in [-0.4, -0.2) is 48.4 Å². The molecule has 0 saturated carbocycles. The molecule has 1 heterocycles. The molecule has 0 fully saturated rings. The largest absolute Gasteiger partial charge is 0.348 e. The third-order valence-electron chi connectivity index (χ3n) is 2.34. The van der Waals surface area contributed by atoms with E-state index in [0.29, 0.717) is 18.8 Å². The molecule has 1 amide bonds. The molecule has 0 aromatic carbocycles. The van der Waals surface area contributed by atoms with E-state index in [-0.39, 0.29) is 5.91 Å². The Hall–Kier alpha value is -1.93. The van der Waals surface area contributed by atoms with Crippen LogP contribution in [0.3, 0.4) is 0 Å². The Morgan fingerprint density at radius 3 is 2.76 bits per heavy atom. The Morgan fingerprint density at radius 2 is 2.18 bits per heavy atom. The summed E-state index contributed by atoms with van der Waals surface area (Å²) < 4.78 is 0. The molecule has 0 radical (unpaired) electrons. The van der Waals surface area contributed by atoms with Gasteiger partial charge in [0.1, 0.15) is 11.8 Å². The topological polar surface area (TPSA) is 60.2 Å². The fourth-order valence-electron chi connectivity index (χ4n) is 1.39. The van der Waals surface area contributed by atoms with Gasteiger partial charge in [0.15, 0.2) is 0 Å². The van der Waals surface area contributed by atoms with E-state index in [1.165, 1.54) is 0 Å². The molecular formula is C12H16N4O. The number of carbonyl (C=O) groups is 1. The van der Waals surface area contributed by atoms with Crippen molar-refractivity contribution in [1.29, 1.82) is 5.26 Å². The molecule has 17 heavy (non-hydrogen) atoms. The van der Waals surface area contributed by atoms with Crippen LogP contribution >= 0.6 is 0 Å². The highest BCUT2D eigenvalue weighted by atomic mass is 16.2. The van der Waals surface area contributed by atoms with Crippen molar-refractivity contribution in [2.45, 2.75) is 6.54 Å². The second kappa shape index (κ2) is 5.97. The maximum absolute atomic E-state index is 11.5. The molecule has 5 nitrogen and oxygen atoms in total. The monoisotopic (exact) mass is 232 g/mol. The number of pyridine rings is 1. The second-order valence-electron chi connectivity index (χ2n) is 4.08. The Labute approximate surface area is 101 Å². The molecule has 0 bridgehead atoms. The first-order valence-corrected chi connectivity index (χ1v) is 5.27. The summed E-state index contributed by atoms with van der Waals surface area (Å²) in [4.78, 5) is 18.9. The first-order valence-electron chi connectivity index (χ1n) is 5.27. The average Bonchev–Trinajstić information content (AvgIpc) is 2.29. The van der Waals surface area contributed by atoms with Crippen molar-refractivity contribution < 1.29 is 4.79 Å². The molecule has 0 aliphatic heterocycles. The van der Waals surface area contributed by atoms with Crippen molar-refractivity contribution in [3.8, 4) is 6.07 Å². The van der Waals surface area contributed by atoms with Gasteiger partial charge in [-0.05, 0) is 13.1 Å². The summed E-state index contributed by atoms with van der Waals surface area (Å²) in [6.45, 7) is 0.864. The third kappa shape index (κ3) is 3.85. The summed E-state index contributed by atoms with van der Waals surface area (Å²) in [5, 5.41) is 8.90. The standard InChI is InChI=1S/C12H16N4O/c1-15(2)12(17)9-16(3)8-10-5-4-6-14-11(10)7-13/h4-6H,8-9H2,1-3H3. The van der Waals surface area contributed by atoms with Crippen LogP contribution in [0, 0.1) is 11.3 Å². The summed E-state index contributed by atoms with van der Waals surface area (Å²) >= 11 is 0. The van der Waals surface area contributed by atoms with Crippen molar-refractivity contribution in [3.05, 3.63) is 29.6 Å². The fourth-order valence-corrected chi connectivity index (χ4v) is 1.39. The summed E-state index contributed by atoms with van der Waals surface area (Å²) in [5.41, 5.74) is 1.25. The van der Waals surface area contributed by atoms with Crippen molar-refractivity contribution in [2.75, 3.05) is 27.7 Å². The Kier molecular flexibility index (Phi) is 4.61. The van der Waals surface area contributed by atoms with Crippen molar-refractivity contribution in [1.82, 2.24) is 14.8 Å². The van der Waals surface area contributed by atoms with Gasteiger partial charge in [0.05, 0.1) is 6.54 Å². The van der Waals surface area contributed by atoms with Gasteiger partial charge in [-0.1, -0.05) is 6.07 Å². The summed E-state index contributed by atoms with van der Waals surface area (Å²) in [7, 11) is 5.29. The Morgan fingerprint density at radius 1 is 1.47 bits per heavy atom. The van der Waals surface area contributed by atoms with Gasteiger partial charge in [-0.2, -0.15) is 5.26 Å². The van der Waals surface area contributed by atoms with Crippen molar-refractivity contribution in [2.24, 2.45) is 0 Å². The van der Waals surface area contributed by atoms with E-state index in [1.54, 1.807) is 31.3 Å². The van der Waals surface area contributed by atoms with Crippen LogP contribution in [0.2, 0.25) is 0 Å². The maximum atomic E-state index is 11.5. The fraction of sp³-hybridized carbons (Fsp3) is 0.417. The minimum Gasteiger partial charge on any atom is -0.348 e. The number of hydrogen-bond acceptors (Lipinski definition) is 4. The molecule has 1 aromatic heterocycles. The molecule has 0 spiro atoms. The summed E-state index contributed by atoms with van der Waals surface area (Å²) in [5.74, 6) is 0.0369. The number of amides is 1. The molecular weight excluding hydrogens is 216 g/mol. The molecule has 0 unspecified atom stereocenters. The van der Waals surface area contributed by atoms with Crippen LogP contribution in [0.1, 0.15) is 11.3 Å². The molecule has 0 saturated heterocycles. The van der Waals surface area contributed by atoms with Crippen LogP contribution in [0.15, 0.2) is 18.3 Å². The lowest BCUT2D eigenvalue weighted by atomic mass is 10.2. The van der Waals surface area contributed by atoms with Gasteiger partial charge in [-0.25, -0.2) is 4.98 Å². The minimum atomic E-state index is 0.0369. The number of carbonyl (C=O) groups excluding carboxylic acids is 1.